The quantitative estimate of drug-likeness (QED) is 0.837. The van der Waals surface area contributed by atoms with Crippen LogP contribution in [0.25, 0.3) is 0 Å². The molecule has 2 heterocycles. The number of carbonyl (C=O) groups excluding carboxylic acids is 2. The van der Waals surface area contributed by atoms with Gasteiger partial charge in [0.25, 0.3) is 0 Å². The van der Waals surface area contributed by atoms with E-state index in [1.165, 1.54) is 5.56 Å². The number of fused-ring (bicyclic) bond motifs is 1. The summed E-state index contributed by atoms with van der Waals surface area (Å²) in [4.78, 5) is 27.9. The number of rotatable bonds is 4. The molecule has 6 heteroatoms. The van der Waals surface area contributed by atoms with Crippen molar-refractivity contribution in [1.82, 2.24) is 9.91 Å². The van der Waals surface area contributed by atoms with E-state index >= 15 is 0 Å². The zero-order valence-electron chi connectivity index (χ0n) is 15.5. The molecule has 0 aliphatic carbocycles. The number of amides is 2. The number of hydrogen-bond acceptors (Lipinski definition) is 4. The highest BCUT2D eigenvalue weighted by Gasteiger charge is 2.28. The van der Waals surface area contributed by atoms with Crippen LogP contribution >= 0.6 is 0 Å². The van der Waals surface area contributed by atoms with Crippen molar-refractivity contribution in [3.8, 4) is 0 Å². The van der Waals surface area contributed by atoms with Crippen molar-refractivity contribution in [2.75, 3.05) is 39.1 Å². The van der Waals surface area contributed by atoms with E-state index in [4.69, 9.17) is 0 Å². The maximum absolute atomic E-state index is 12.3. The highest BCUT2D eigenvalue weighted by atomic mass is 16.2. The molecule has 1 unspecified atom stereocenters. The number of carbonyl (C=O) groups is 2. The van der Waals surface area contributed by atoms with Crippen LogP contribution in [0.1, 0.15) is 30.9 Å². The van der Waals surface area contributed by atoms with Crippen molar-refractivity contribution in [3.05, 3.63) is 29.3 Å². The Kier molecular flexibility index (Phi) is 4.90. The molecule has 0 bridgehead atoms. The molecule has 1 aromatic rings. The van der Waals surface area contributed by atoms with E-state index in [1.54, 1.807) is 9.91 Å². The average Bonchev–Trinajstić information content (AvgIpc) is 2.57. The summed E-state index contributed by atoms with van der Waals surface area (Å²) in [7, 11) is 5.80. The molecule has 3 rings (SSSR count). The minimum absolute atomic E-state index is 0.0846. The Balaban J connectivity index is 1.90. The molecule has 0 radical (unpaired) electrons. The lowest BCUT2D eigenvalue weighted by Crippen LogP contribution is -2.39. The first-order chi connectivity index (χ1) is 11.9. The smallest absolute Gasteiger partial charge is 0.243 e. The fourth-order valence-electron chi connectivity index (χ4n) is 3.38. The summed E-state index contributed by atoms with van der Waals surface area (Å²) in [6, 6.07) is 6.15. The summed E-state index contributed by atoms with van der Waals surface area (Å²) < 4.78 is 0. The number of hydrogen-bond donors (Lipinski definition) is 0. The summed E-state index contributed by atoms with van der Waals surface area (Å²) >= 11 is 0. The van der Waals surface area contributed by atoms with Crippen LogP contribution in [0, 0.1) is 5.92 Å². The topological polar surface area (TPSA) is 56.2 Å². The molecular formula is C19H26N4O2. The molecule has 0 aromatic heterocycles. The SMILES string of the molecule is CC1CC(=O)N(CCN(C)C)N=C1c1ccc2c(c1)CCC(=O)N2C. The van der Waals surface area contributed by atoms with Gasteiger partial charge in [-0.2, -0.15) is 5.10 Å². The van der Waals surface area contributed by atoms with Crippen molar-refractivity contribution < 1.29 is 9.59 Å². The van der Waals surface area contributed by atoms with Gasteiger partial charge in [-0.3, -0.25) is 9.59 Å². The fourth-order valence-corrected chi connectivity index (χ4v) is 3.38. The third-order valence-corrected chi connectivity index (χ3v) is 4.94. The van der Waals surface area contributed by atoms with E-state index < -0.39 is 0 Å². The van der Waals surface area contributed by atoms with E-state index in [9.17, 15) is 9.59 Å². The normalized spacial score (nSPS) is 20.8. The largest absolute Gasteiger partial charge is 0.315 e. The van der Waals surface area contributed by atoms with Gasteiger partial charge in [0.15, 0.2) is 0 Å². The number of benzene rings is 1. The monoisotopic (exact) mass is 342 g/mol. The van der Waals surface area contributed by atoms with Gasteiger partial charge in [0, 0.05) is 38.0 Å². The highest BCUT2D eigenvalue weighted by molar-refractivity contribution is 6.06. The molecule has 2 aliphatic heterocycles. The summed E-state index contributed by atoms with van der Waals surface area (Å²) in [6.07, 6.45) is 1.79. The maximum atomic E-state index is 12.3. The van der Waals surface area contributed by atoms with Crippen molar-refractivity contribution in [3.63, 3.8) is 0 Å². The Morgan fingerprint density at radius 2 is 1.96 bits per heavy atom. The Bertz CT molecular complexity index is 726. The third-order valence-electron chi connectivity index (χ3n) is 4.94. The molecule has 6 nitrogen and oxygen atoms in total. The lowest BCUT2D eigenvalue weighted by atomic mass is 9.90. The van der Waals surface area contributed by atoms with Gasteiger partial charge in [0.1, 0.15) is 0 Å². The molecule has 0 fully saturated rings. The fraction of sp³-hybridized carbons (Fsp3) is 0.526. The number of hydrazone groups is 1. The molecule has 0 saturated carbocycles. The summed E-state index contributed by atoms with van der Waals surface area (Å²) in [5.74, 6) is 0.342. The number of nitrogens with zero attached hydrogens (tertiary/aromatic N) is 4. The molecule has 134 valence electrons. The van der Waals surface area contributed by atoms with E-state index in [2.05, 4.69) is 18.1 Å². The minimum atomic E-state index is 0.0846. The first-order valence-corrected chi connectivity index (χ1v) is 8.80. The van der Waals surface area contributed by atoms with E-state index in [0.29, 0.717) is 19.4 Å². The van der Waals surface area contributed by atoms with Crippen LogP contribution < -0.4 is 4.90 Å². The Hall–Kier alpha value is -2.21. The molecule has 2 amide bonds. The minimum Gasteiger partial charge on any atom is -0.315 e. The predicted molar refractivity (Wildman–Crippen MR) is 98.8 cm³/mol. The van der Waals surface area contributed by atoms with Crippen LogP contribution in [0.5, 0.6) is 0 Å². The van der Waals surface area contributed by atoms with E-state index in [1.807, 2.05) is 38.2 Å². The Labute approximate surface area is 149 Å². The molecule has 25 heavy (non-hydrogen) atoms. The standard InChI is InChI=1S/C19H26N4O2/c1-13-11-18(25)23(10-9-21(2)3)20-19(13)15-5-7-16-14(12-15)6-8-17(24)22(16)4/h5,7,12-13H,6,8-11H2,1-4H3. The van der Waals surface area contributed by atoms with Crippen molar-refractivity contribution in [1.29, 1.82) is 0 Å². The van der Waals surface area contributed by atoms with E-state index in [-0.39, 0.29) is 17.7 Å². The lowest BCUT2D eigenvalue weighted by molar-refractivity contribution is -0.132. The van der Waals surface area contributed by atoms with Gasteiger partial charge < -0.3 is 9.80 Å². The van der Waals surface area contributed by atoms with Crippen LogP contribution in [0.15, 0.2) is 23.3 Å². The van der Waals surface area contributed by atoms with Gasteiger partial charge in [0.2, 0.25) is 11.8 Å². The summed E-state index contributed by atoms with van der Waals surface area (Å²) in [6.45, 7) is 3.44. The van der Waals surface area contributed by atoms with Gasteiger partial charge in [0.05, 0.1) is 12.3 Å². The lowest BCUT2D eigenvalue weighted by Gasteiger charge is -2.30. The highest BCUT2D eigenvalue weighted by Crippen LogP contribution is 2.30. The molecule has 0 spiro atoms. The van der Waals surface area contributed by atoms with Gasteiger partial charge in [-0.15, -0.1) is 0 Å². The molecule has 0 saturated heterocycles. The van der Waals surface area contributed by atoms with Crippen molar-refractivity contribution in [2.45, 2.75) is 26.2 Å². The first-order valence-electron chi connectivity index (χ1n) is 8.80. The second-order valence-corrected chi connectivity index (χ2v) is 7.21. The van der Waals surface area contributed by atoms with Gasteiger partial charge >= 0.3 is 0 Å². The second-order valence-electron chi connectivity index (χ2n) is 7.21. The van der Waals surface area contributed by atoms with Crippen molar-refractivity contribution >= 4 is 23.2 Å². The van der Waals surface area contributed by atoms with Crippen LogP contribution in [0.2, 0.25) is 0 Å². The second kappa shape index (κ2) is 6.96. The number of likely N-dealkylation sites (N-methyl/N-ethyl adjacent to an activating group) is 1. The van der Waals surface area contributed by atoms with Crippen LogP contribution in [0.3, 0.4) is 0 Å². The average molecular weight is 342 g/mol. The van der Waals surface area contributed by atoms with Gasteiger partial charge in [-0.05, 0) is 43.8 Å². The molecule has 1 aromatic carbocycles. The molecule has 1 atom stereocenters. The van der Waals surface area contributed by atoms with Crippen LogP contribution in [-0.4, -0.2) is 61.7 Å². The zero-order valence-corrected chi connectivity index (χ0v) is 15.5. The maximum Gasteiger partial charge on any atom is 0.243 e. The van der Waals surface area contributed by atoms with Crippen LogP contribution in [-0.2, 0) is 16.0 Å². The number of aryl methyl sites for hydroxylation is 1. The summed E-state index contributed by atoms with van der Waals surface area (Å²) in [5, 5.41) is 6.26. The van der Waals surface area contributed by atoms with Crippen molar-refractivity contribution in [2.24, 2.45) is 11.0 Å². The van der Waals surface area contributed by atoms with Gasteiger partial charge in [-0.25, -0.2) is 5.01 Å². The Morgan fingerprint density at radius 3 is 2.68 bits per heavy atom. The molecule has 2 aliphatic rings. The van der Waals surface area contributed by atoms with Gasteiger partial charge in [-0.1, -0.05) is 13.0 Å². The Morgan fingerprint density at radius 1 is 1.20 bits per heavy atom. The predicted octanol–water partition coefficient (Wildman–Crippen LogP) is 1.73. The summed E-state index contributed by atoms with van der Waals surface area (Å²) in [5.41, 5.74) is 4.16. The zero-order chi connectivity index (χ0) is 18.1. The van der Waals surface area contributed by atoms with E-state index in [0.717, 1.165) is 29.9 Å². The van der Waals surface area contributed by atoms with Crippen LogP contribution in [0.4, 0.5) is 5.69 Å². The molecule has 0 N–H and O–H groups in total. The molecular weight excluding hydrogens is 316 g/mol. The first kappa shape index (κ1) is 17.6. The number of anilines is 1. The third kappa shape index (κ3) is 3.58.